The maximum Gasteiger partial charge on any atom is 0.206 e. The van der Waals surface area contributed by atoms with Gasteiger partial charge in [-0.1, -0.05) is 26.8 Å². The van der Waals surface area contributed by atoms with Gasteiger partial charge in [0.2, 0.25) is 5.79 Å². The standard InChI is InChI=1S/C15H26O4/c1-6-14(5)8-7-12(17-14)11(4)15(16)9-13(10(2)3)18-19-15/h6,10-13,16H,1,7-9H2,2-5H3. The highest BCUT2D eigenvalue weighted by Gasteiger charge is 2.51. The van der Waals surface area contributed by atoms with Crippen molar-refractivity contribution >= 4 is 0 Å². The molecule has 2 saturated heterocycles. The maximum atomic E-state index is 10.6. The van der Waals surface area contributed by atoms with Crippen LogP contribution in [0.5, 0.6) is 0 Å². The highest BCUT2D eigenvalue weighted by Crippen LogP contribution is 2.42. The van der Waals surface area contributed by atoms with E-state index in [2.05, 4.69) is 20.4 Å². The number of hydrogen-bond acceptors (Lipinski definition) is 4. The van der Waals surface area contributed by atoms with Crippen LogP contribution in [0.15, 0.2) is 12.7 Å². The number of ether oxygens (including phenoxy) is 1. The number of rotatable bonds is 4. The highest BCUT2D eigenvalue weighted by molar-refractivity contribution is 5.01. The van der Waals surface area contributed by atoms with Crippen molar-refractivity contribution in [1.29, 1.82) is 0 Å². The molecule has 0 amide bonds. The first-order valence-corrected chi connectivity index (χ1v) is 7.18. The second kappa shape index (κ2) is 5.17. The molecule has 2 aliphatic rings. The molecule has 2 rings (SSSR count). The second-order valence-corrected chi connectivity index (χ2v) is 6.51. The fourth-order valence-electron chi connectivity index (χ4n) is 2.80. The van der Waals surface area contributed by atoms with Gasteiger partial charge in [0, 0.05) is 12.3 Å². The Hall–Kier alpha value is -0.420. The zero-order chi connectivity index (χ0) is 14.3. The van der Waals surface area contributed by atoms with Crippen molar-refractivity contribution in [3.05, 3.63) is 12.7 Å². The van der Waals surface area contributed by atoms with E-state index in [9.17, 15) is 5.11 Å². The zero-order valence-corrected chi connectivity index (χ0v) is 12.4. The van der Waals surface area contributed by atoms with Gasteiger partial charge in [-0.25, -0.2) is 9.78 Å². The molecule has 0 spiro atoms. The van der Waals surface area contributed by atoms with Gasteiger partial charge in [0.15, 0.2) is 0 Å². The number of aliphatic hydroxyl groups is 1. The van der Waals surface area contributed by atoms with Crippen LogP contribution < -0.4 is 0 Å². The Morgan fingerprint density at radius 1 is 1.32 bits per heavy atom. The van der Waals surface area contributed by atoms with Gasteiger partial charge in [-0.15, -0.1) is 6.58 Å². The molecule has 0 bridgehead atoms. The quantitative estimate of drug-likeness (QED) is 0.630. The molecule has 0 radical (unpaired) electrons. The summed E-state index contributed by atoms with van der Waals surface area (Å²) in [5, 5.41) is 10.6. The fourth-order valence-corrected chi connectivity index (χ4v) is 2.80. The van der Waals surface area contributed by atoms with Gasteiger partial charge in [0.25, 0.3) is 0 Å². The summed E-state index contributed by atoms with van der Waals surface area (Å²) in [6.45, 7) is 11.9. The summed E-state index contributed by atoms with van der Waals surface area (Å²) >= 11 is 0. The van der Waals surface area contributed by atoms with E-state index in [0.29, 0.717) is 12.3 Å². The molecule has 0 aromatic carbocycles. The minimum absolute atomic E-state index is 0.0255. The third kappa shape index (κ3) is 2.87. The molecular formula is C15H26O4. The Bertz CT molecular complexity index is 343. The van der Waals surface area contributed by atoms with Crippen LogP contribution in [0.3, 0.4) is 0 Å². The third-order valence-electron chi connectivity index (χ3n) is 4.60. The summed E-state index contributed by atoms with van der Waals surface area (Å²) in [4.78, 5) is 10.5. The van der Waals surface area contributed by atoms with Crippen LogP contribution in [0.4, 0.5) is 0 Å². The van der Waals surface area contributed by atoms with Crippen LogP contribution in [0.2, 0.25) is 0 Å². The summed E-state index contributed by atoms with van der Waals surface area (Å²) in [5.41, 5.74) is -0.286. The lowest BCUT2D eigenvalue weighted by Crippen LogP contribution is -2.43. The largest absolute Gasteiger partial charge is 0.368 e. The molecular weight excluding hydrogens is 244 g/mol. The molecule has 5 unspecified atom stereocenters. The summed E-state index contributed by atoms with van der Waals surface area (Å²) in [7, 11) is 0. The van der Waals surface area contributed by atoms with Gasteiger partial charge < -0.3 is 9.84 Å². The van der Waals surface area contributed by atoms with Gasteiger partial charge in [0.05, 0.1) is 11.7 Å². The van der Waals surface area contributed by atoms with Crippen molar-refractivity contribution in [3.63, 3.8) is 0 Å². The van der Waals surface area contributed by atoms with Gasteiger partial charge in [-0.2, -0.15) is 0 Å². The van der Waals surface area contributed by atoms with Crippen LogP contribution in [-0.2, 0) is 14.5 Å². The van der Waals surface area contributed by atoms with Crippen molar-refractivity contribution < 1.29 is 19.6 Å². The van der Waals surface area contributed by atoms with E-state index in [1.165, 1.54) is 0 Å². The SMILES string of the molecule is C=CC1(C)CCC(C(C)C2(O)CC(C(C)C)OO2)O1. The molecule has 2 aliphatic heterocycles. The smallest absolute Gasteiger partial charge is 0.206 e. The maximum absolute atomic E-state index is 10.6. The Labute approximate surface area is 115 Å². The lowest BCUT2D eigenvalue weighted by Gasteiger charge is -2.32. The Morgan fingerprint density at radius 2 is 2.00 bits per heavy atom. The van der Waals surface area contributed by atoms with Gasteiger partial charge in [0.1, 0.15) is 6.10 Å². The van der Waals surface area contributed by atoms with Crippen LogP contribution in [0.25, 0.3) is 0 Å². The van der Waals surface area contributed by atoms with E-state index in [1.54, 1.807) is 0 Å². The van der Waals surface area contributed by atoms with Crippen LogP contribution >= 0.6 is 0 Å². The molecule has 2 heterocycles. The monoisotopic (exact) mass is 270 g/mol. The molecule has 4 nitrogen and oxygen atoms in total. The Morgan fingerprint density at radius 3 is 2.47 bits per heavy atom. The van der Waals surface area contributed by atoms with E-state index in [4.69, 9.17) is 14.5 Å². The first-order chi connectivity index (χ1) is 8.80. The molecule has 0 aliphatic carbocycles. The molecule has 0 aromatic rings. The van der Waals surface area contributed by atoms with E-state index in [-0.39, 0.29) is 23.7 Å². The molecule has 110 valence electrons. The summed E-state index contributed by atoms with van der Waals surface area (Å²) in [6, 6.07) is 0. The topological polar surface area (TPSA) is 47.9 Å². The molecule has 4 heteroatoms. The third-order valence-corrected chi connectivity index (χ3v) is 4.60. The Kier molecular flexibility index (Phi) is 4.07. The van der Waals surface area contributed by atoms with Gasteiger partial charge >= 0.3 is 0 Å². The molecule has 5 atom stereocenters. The normalized spacial score (nSPS) is 44.7. The second-order valence-electron chi connectivity index (χ2n) is 6.51. The molecule has 0 saturated carbocycles. The van der Waals surface area contributed by atoms with Gasteiger partial charge in [-0.05, 0) is 25.7 Å². The fraction of sp³-hybridized carbons (Fsp3) is 0.867. The predicted octanol–water partition coefficient (Wildman–Crippen LogP) is 2.81. The summed E-state index contributed by atoms with van der Waals surface area (Å²) in [6.07, 6.45) is 4.09. The average Bonchev–Trinajstić information content (AvgIpc) is 2.94. The predicted molar refractivity (Wildman–Crippen MR) is 72.2 cm³/mol. The van der Waals surface area contributed by atoms with Crippen molar-refractivity contribution in [2.45, 2.75) is 70.6 Å². The summed E-state index contributed by atoms with van der Waals surface area (Å²) in [5.74, 6) is -1.05. The Balaban J connectivity index is 2.01. The minimum atomic E-state index is -1.24. The van der Waals surface area contributed by atoms with E-state index < -0.39 is 5.79 Å². The first kappa shape index (κ1) is 15.0. The van der Waals surface area contributed by atoms with Gasteiger partial charge in [-0.3, -0.25) is 0 Å². The van der Waals surface area contributed by atoms with E-state index >= 15 is 0 Å². The minimum Gasteiger partial charge on any atom is -0.368 e. The average molecular weight is 270 g/mol. The van der Waals surface area contributed by atoms with E-state index in [1.807, 2.05) is 19.9 Å². The van der Waals surface area contributed by atoms with Crippen molar-refractivity contribution in [2.75, 3.05) is 0 Å². The van der Waals surface area contributed by atoms with Crippen molar-refractivity contribution in [3.8, 4) is 0 Å². The van der Waals surface area contributed by atoms with Crippen LogP contribution in [-0.4, -0.2) is 28.7 Å². The zero-order valence-electron chi connectivity index (χ0n) is 12.4. The first-order valence-electron chi connectivity index (χ1n) is 7.18. The lowest BCUT2D eigenvalue weighted by molar-refractivity contribution is -0.398. The van der Waals surface area contributed by atoms with E-state index in [0.717, 1.165) is 12.8 Å². The summed E-state index contributed by atoms with van der Waals surface area (Å²) < 4.78 is 6.02. The number of hydrogen-bond donors (Lipinski definition) is 1. The molecule has 2 fully saturated rings. The lowest BCUT2D eigenvalue weighted by atomic mass is 9.87. The van der Waals surface area contributed by atoms with Crippen molar-refractivity contribution in [2.24, 2.45) is 11.8 Å². The van der Waals surface area contributed by atoms with Crippen LogP contribution in [0.1, 0.15) is 47.0 Å². The van der Waals surface area contributed by atoms with Crippen LogP contribution in [0, 0.1) is 11.8 Å². The highest BCUT2D eigenvalue weighted by atomic mass is 17.2. The molecule has 0 aromatic heterocycles. The molecule has 19 heavy (non-hydrogen) atoms. The molecule has 1 N–H and O–H groups in total. The van der Waals surface area contributed by atoms with Crippen molar-refractivity contribution in [1.82, 2.24) is 0 Å².